The topological polar surface area (TPSA) is 52.2 Å². The number of aromatic amines is 1. The Bertz CT molecular complexity index is 961. The van der Waals surface area contributed by atoms with Crippen LogP contribution >= 0.6 is 11.9 Å². The summed E-state index contributed by atoms with van der Waals surface area (Å²) in [4.78, 5) is 14.9. The van der Waals surface area contributed by atoms with Gasteiger partial charge in [0.25, 0.3) is 5.91 Å². The van der Waals surface area contributed by atoms with E-state index in [0.717, 1.165) is 17.8 Å². The lowest BCUT2D eigenvalue weighted by Gasteiger charge is -2.21. The highest BCUT2D eigenvalue weighted by molar-refractivity contribution is 7.96. The van der Waals surface area contributed by atoms with Crippen molar-refractivity contribution in [2.45, 2.75) is 38.0 Å². The summed E-state index contributed by atoms with van der Waals surface area (Å²) in [5, 5.41) is 7.26. The molecule has 2 aromatic rings. The van der Waals surface area contributed by atoms with E-state index in [0.29, 0.717) is 43.7 Å². The molecule has 1 aromatic carbocycles. The summed E-state index contributed by atoms with van der Waals surface area (Å²) >= 11 is 1.64. The van der Waals surface area contributed by atoms with Crippen molar-refractivity contribution in [2.24, 2.45) is 11.8 Å². The van der Waals surface area contributed by atoms with Gasteiger partial charge in [-0.2, -0.15) is 18.3 Å². The Labute approximate surface area is 177 Å². The number of likely N-dealkylation sites (tertiary alicyclic amines) is 1. The van der Waals surface area contributed by atoms with Crippen molar-refractivity contribution in [1.29, 1.82) is 0 Å². The first-order valence-electron chi connectivity index (χ1n) is 10.2. The van der Waals surface area contributed by atoms with Crippen LogP contribution in [0, 0.1) is 11.8 Å². The van der Waals surface area contributed by atoms with Crippen LogP contribution in [0.25, 0.3) is 0 Å². The minimum atomic E-state index is -4.33. The van der Waals surface area contributed by atoms with Crippen LogP contribution in [0.15, 0.2) is 24.3 Å². The highest BCUT2D eigenvalue weighted by Gasteiger charge is 2.45. The van der Waals surface area contributed by atoms with Gasteiger partial charge in [-0.3, -0.25) is 9.89 Å². The Morgan fingerprint density at radius 3 is 2.53 bits per heavy atom. The molecule has 3 heterocycles. The van der Waals surface area contributed by atoms with E-state index in [4.69, 9.17) is 0 Å². The Balaban J connectivity index is 1.28. The Morgan fingerprint density at radius 2 is 1.87 bits per heavy atom. The lowest BCUT2D eigenvalue weighted by Crippen LogP contribution is -2.31. The van der Waals surface area contributed by atoms with Gasteiger partial charge in [-0.15, -0.1) is 0 Å². The van der Waals surface area contributed by atoms with Crippen LogP contribution in [0.4, 0.5) is 13.2 Å². The molecule has 5 nitrogen and oxygen atoms in total. The molecule has 0 radical (unpaired) electrons. The van der Waals surface area contributed by atoms with E-state index >= 15 is 0 Å². The summed E-state index contributed by atoms with van der Waals surface area (Å²) in [6.45, 7) is 2.65. The lowest BCUT2D eigenvalue weighted by molar-refractivity contribution is -0.138. The maximum absolute atomic E-state index is 13.4. The van der Waals surface area contributed by atoms with Crippen LogP contribution in [-0.4, -0.2) is 44.7 Å². The van der Waals surface area contributed by atoms with Crippen molar-refractivity contribution in [3.63, 3.8) is 0 Å². The number of carbonyl (C=O) groups excluding carboxylic acids is 1. The third-order valence-electron chi connectivity index (χ3n) is 6.83. The van der Waals surface area contributed by atoms with Gasteiger partial charge in [0.2, 0.25) is 0 Å². The molecule has 0 spiro atoms. The lowest BCUT2D eigenvalue weighted by atomic mass is 9.91. The van der Waals surface area contributed by atoms with Gasteiger partial charge in [-0.1, -0.05) is 30.1 Å². The van der Waals surface area contributed by atoms with Crippen LogP contribution in [0.1, 0.15) is 51.6 Å². The summed E-state index contributed by atoms with van der Waals surface area (Å²) in [7, 11) is 0. The third kappa shape index (κ3) is 3.32. The van der Waals surface area contributed by atoms with E-state index < -0.39 is 11.7 Å². The zero-order chi connectivity index (χ0) is 21.0. The number of hydrogen-bond acceptors (Lipinski definition) is 4. The summed E-state index contributed by atoms with van der Waals surface area (Å²) in [5.41, 5.74) is 2.35. The molecule has 0 bridgehead atoms. The van der Waals surface area contributed by atoms with Gasteiger partial charge in [0.1, 0.15) is 0 Å². The molecule has 3 atom stereocenters. The predicted octanol–water partition coefficient (Wildman–Crippen LogP) is 4.29. The van der Waals surface area contributed by atoms with Gasteiger partial charge in [0.05, 0.1) is 17.8 Å². The number of nitrogens with one attached hydrogen (secondary N) is 1. The maximum atomic E-state index is 13.4. The second kappa shape index (κ2) is 7.30. The number of alkyl halides is 3. The summed E-state index contributed by atoms with van der Waals surface area (Å²) in [6, 6.07) is 5.92. The van der Waals surface area contributed by atoms with E-state index in [1.54, 1.807) is 24.1 Å². The van der Waals surface area contributed by atoms with Gasteiger partial charge >= 0.3 is 6.18 Å². The quantitative estimate of drug-likeness (QED) is 0.730. The van der Waals surface area contributed by atoms with Crippen molar-refractivity contribution in [3.8, 4) is 0 Å². The fourth-order valence-electron chi connectivity index (χ4n) is 5.40. The molecule has 1 saturated carbocycles. The van der Waals surface area contributed by atoms with E-state index in [1.807, 2.05) is 11.2 Å². The molecule has 3 aliphatic rings. The molecular weight excluding hydrogens is 413 g/mol. The zero-order valence-electron chi connectivity index (χ0n) is 16.6. The SMILES string of the molecule is CSN1Cc2[nH]nc(C(=O)N3C[C@H]4CC(c5ccccc5C(F)(F)F)C[C@H]4C3)c2C1. The molecule has 2 fully saturated rings. The number of fused-ring (bicyclic) bond motifs is 2. The van der Waals surface area contributed by atoms with E-state index in [1.165, 1.54) is 12.1 Å². The molecule has 1 unspecified atom stereocenters. The average molecular weight is 437 g/mol. The standard InChI is InChI=1S/C21H23F3N4OS/c1-30-28-10-16-18(11-28)25-26-19(16)20(29)27-8-13-6-12(7-14(13)9-27)15-4-2-3-5-17(15)21(22,23)24/h2-5,12-14H,6-11H2,1H3,(H,25,26)/t12?,13-,14+. The molecule has 160 valence electrons. The Morgan fingerprint density at radius 1 is 1.17 bits per heavy atom. The van der Waals surface area contributed by atoms with Crippen molar-refractivity contribution in [2.75, 3.05) is 19.3 Å². The molecule has 1 aromatic heterocycles. The van der Waals surface area contributed by atoms with E-state index in [2.05, 4.69) is 14.5 Å². The van der Waals surface area contributed by atoms with Crippen LogP contribution in [0.3, 0.4) is 0 Å². The molecule has 1 amide bonds. The molecule has 9 heteroatoms. The molecular formula is C21H23F3N4OS. The average Bonchev–Trinajstić information content (AvgIpc) is 3.45. The van der Waals surface area contributed by atoms with E-state index in [-0.39, 0.29) is 23.7 Å². The molecule has 2 aliphatic heterocycles. The molecule has 30 heavy (non-hydrogen) atoms. The van der Waals surface area contributed by atoms with Crippen molar-refractivity contribution in [1.82, 2.24) is 19.4 Å². The van der Waals surface area contributed by atoms with Crippen LogP contribution in [0.2, 0.25) is 0 Å². The minimum Gasteiger partial charge on any atom is -0.337 e. The Kier molecular flexibility index (Phi) is 4.85. The number of amides is 1. The van der Waals surface area contributed by atoms with Crippen molar-refractivity contribution >= 4 is 17.9 Å². The number of rotatable bonds is 3. The smallest absolute Gasteiger partial charge is 0.337 e. The first-order chi connectivity index (χ1) is 14.3. The Hall–Kier alpha value is -2.00. The van der Waals surface area contributed by atoms with Crippen molar-refractivity contribution < 1.29 is 18.0 Å². The fourth-order valence-corrected chi connectivity index (χ4v) is 5.91. The third-order valence-corrected chi connectivity index (χ3v) is 7.60. The monoisotopic (exact) mass is 436 g/mol. The highest BCUT2D eigenvalue weighted by atomic mass is 32.2. The molecule has 5 rings (SSSR count). The minimum absolute atomic E-state index is 0.0582. The summed E-state index contributed by atoms with van der Waals surface area (Å²) in [5.74, 6) is 0.335. The summed E-state index contributed by atoms with van der Waals surface area (Å²) < 4.78 is 42.4. The molecule has 1 N–H and O–H groups in total. The number of benzene rings is 1. The largest absolute Gasteiger partial charge is 0.416 e. The van der Waals surface area contributed by atoms with Gasteiger partial charge in [0, 0.05) is 25.2 Å². The van der Waals surface area contributed by atoms with Crippen LogP contribution in [0.5, 0.6) is 0 Å². The van der Waals surface area contributed by atoms with Gasteiger partial charge < -0.3 is 4.90 Å². The number of halogens is 3. The highest BCUT2D eigenvalue weighted by Crippen LogP contribution is 2.49. The molecule has 1 aliphatic carbocycles. The first kappa shape index (κ1) is 19.9. The second-order valence-electron chi connectivity index (χ2n) is 8.49. The summed E-state index contributed by atoms with van der Waals surface area (Å²) in [6.07, 6.45) is -0.933. The fraction of sp³-hybridized carbons (Fsp3) is 0.524. The number of hydrogen-bond donors (Lipinski definition) is 1. The van der Waals surface area contributed by atoms with Crippen LogP contribution < -0.4 is 0 Å². The predicted molar refractivity (Wildman–Crippen MR) is 108 cm³/mol. The first-order valence-corrected chi connectivity index (χ1v) is 11.3. The number of nitrogens with zero attached hydrogens (tertiary/aromatic N) is 3. The van der Waals surface area contributed by atoms with Gasteiger partial charge in [0.15, 0.2) is 5.69 Å². The second-order valence-corrected chi connectivity index (χ2v) is 9.38. The van der Waals surface area contributed by atoms with E-state index in [9.17, 15) is 18.0 Å². The number of aromatic nitrogens is 2. The van der Waals surface area contributed by atoms with Crippen molar-refractivity contribution in [3.05, 3.63) is 52.3 Å². The number of carbonyl (C=O) groups is 1. The zero-order valence-corrected chi connectivity index (χ0v) is 17.4. The van der Waals surface area contributed by atoms with Crippen LogP contribution in [-0.2, 0) is 19.3 Å². The maximum Gasteiger partial charge on any atom is 0.416 e. The van der Waals surface area contributed by atoms with Gasteiger partial charge in [-0.05, 0) is 48.5 Å². The van der Waals surface area contributed by atoms with Gasteiger partial charge in [-0.25, -0.2) is 4.31 Å². The molecule has 1 saturated heterocycles. The number of H-pyrrole nitrogens is 1. The normalized spacial score (nSPS) is 26.3.